The third-order valence-corrected chi connectivity index (χ3v) is 8.91. The number of fused-ring (bicyclic) bond motifs is 1. The lowest BCUT2D eigenvalue weighted by molar-refractivity contribution is -0.135. The Morgan fingerprint density at radius 2 is 1.76 bits per heavy atom. The van der Waals surface area contributed by atoms with Crippen LogP contribution < -0.4 is 4.72 Å². The molecule has 7 nitrogen and oxygen atoms in total. The van der Waals surface area contributed by atoms with Crippen molar-refractivity contribution in [3.8, 4) is 0 Å². The number of piperidine rings is 1. The summed E-state index contributed by atoms with van der Waals surface area (Å²) in [6.45, 7) is 9.17. The number of sulfonamides is 1. The van der Waals surface area contributed by atoms with Crippen molar-refractivity contribution >= 4 is 21.8 Å². The summed E-state index contributed by atoms with van der Waals surface area (Å²) in [6.07, 6.45) is 8.17. The number of hydrogen-bond donors (Lipinski definition) is 1. The summed E-state index contributed by atoms with van der Waals surface area (Å²) in [6, 6.07) is 6.24. The van der Waals surface area contributed by atoms with Gasteiger partial charge in [0.25, 0.3) is 10.0 Å². The van der Waals surface area contributed by atoms with Crippen LogP contribution in [0.1, 0.15) is 64.4 Å². The molecule has 1 amide bonds. The molecule has 3 aliphatic rings. The van der Waals surface area contributed by atoms with E-state index < -0.39 is 16.1 Å². The molecule has 2 atom stereocenters. The van der Waals surface area contributed by atoms with Gasteiger partial charge in [-0.2, -0.15) is 0 Å². The molecule has 0 radical (unpaired) electrons. The Kier molecular flexibility index (Phi) is 7.74. The number of amidine groups is 1. The summed E-state index contributed by atoms with van der Waals surface area (Å²) in [4.78, 5) is 23.0. The Hall–Kier alpha value is -1.93. The van der Waals surface area contributed by atoms with E-state index in [4.69, 9.17) is 4.99 Å². The van der Waals surface area contributed by atoms with E-state index in [1.54, 1.807) is 24.3 Å². The topological polar surface area (TPSA) is 82.1 Å². The second-order valence-corrected chi connectivity index (χ2v) is 11.5. The highest BCUT2D eigenvalue weighted by Gasteiger charge is 2.35. The lowest BCUT2D eigenvalue weighted by Crippen LogP contribution is -2.47. The third-order valence-electron chi connectivity index (χ3n) is 7.51. The van der Waals surface area contributed by atoms with Gasteiger partial charge in [-0.05, 0) is 62.7 Å². The Labute approximate surface area is 198 Å². The maximum atomic E-state index is 13.5. The van der Waals surface area contributed by atoms with Crippen LogP contribution in [-0.2, 0) is 14.8 Å². The number of carbonyl (C=O) groups is 1. The molecule has 0 unspecified atom stereocenters. The fraction of sp³-hybridized carbons (Fsp3) is 0.680. The zero-order valence-electron chi connectivity index (χ0n) is 20.0. The maximum Gasteiger partial charge on any atom is 0.263 e. The Balaban J connectivity index is 1.44. The number of rotatable bonds is 6. The minimum Gasteiger partial charge on any atom is -0.341 e. The quantitative estimate of drug-likeness (QED) is 0.686. The molecule has 3 aliphatic heterocycles. The van der Waals surface area contributed by atoms with Crippen molar-refractivity contribution in [2.24, 2.45) is 16.8 Å². The number of nitrogens with zero attached hydrogens (tertiary/aromatic N) is 3. The van der Waals surface area contributed by atoms with Crippen molar-refractivity contribution in [1.29, 1.82) is 0 Å². The van der Waals surface area contributed by atoms with E-state index in [9.17, 15) is 13.2 Å². The van der Waals surface area contributed by atoms with E-state index in [0.717, 1.165) is 38.9 Å². The van der Waals surface area contributed by atoms with E-state index in [0.29, 0.717) is 17.3 Å². The van der Waals surface area contributed by atoms with Gasteiger partial charge in [-0.25, -0.2) is 8.42 Å². The van der Waals surface area contributed by atoms with Crippen LogP contribution in [0.4, 0.5) is 0 Å². The minimum atomic E-state index is -3.62. The second kappa shape index (κ2) is 10.6. The molecule has 0 aliphatic carbocycles. The first kappa shape index (κ1) is 24.2. The molecule has 3 heterocycles. The van der Waals surface area contributed by atoms with Crippen LogP contribution in [0, 0.1) is 11.8 Å². The molecule has 2 fully saturated rings. The molecule has 0 bridgehead atoms. The number of amides is 1. The van der Waals surface area contributed by atoms with Crippen molar-refractivity contribution < 1.29 is 13.2 Å². The number of aliphatic imine (C=N–C) groups is 1. The van der Waals surface area contributed by atoms with Gasteiger partial charge in [0, 0.05) is 25.2 Å². The normalized spacial score (nSPS) is 24.7. The second-order valence-electron chi connectivity index (χ2n) is 9.89. The van der Waals surface area contributed by atoms with Gasteiger partial charge in [-0.15, -0.1) is 0 Å². The predicted octanol–water partition coefficient (Wildman–Crippen LogP) is 3.25. The molecule has 182 valence electrons. The van der Waals surface area contributed by atoms with E-state index in [2.05, 4.69) is 9.62 Å². The summed E-state index contributed by atoms with van der Waals surface area (Å²) in [5, 5.41) is 0. The van der Waals surface area contributed by atoms with Gasteiger partial charge in [-0.1, -0.05) is 45.2 Å². The largest absolute Gasteiger partial charge is 0.341 e. The van der Waals surface area contributed by atoms with Gasteiger partial charge in [0.05, 0.1) is 4.90 Å². The van der Waals surface area contributed by atoms with Crippen LogP contribution in [0.2, 0.25) is 0 Å². The molecular weight excluding hydrogens is 436 g/mol. The fourth-order valence-corrected chi connectivity index (χ4v) is 6.46. The van der Waals surface area contributed by atoms with E-state index in [1.165, 1.54) is 38.8 Å². The predicted molar refractivity (Wildman–Crippen MR) is 131 cm³/mol. The first-order valence-electron chi connectivity index (χ1n) is 12.6. The van der Waals surface area contributed by atoms with Crippen LogP contribution in [0.25, 0.3) is 0 Å². The first-order chi connectivity index (χ1) is 15.9. The maximum absolute atomic E-state index is 13.5. The van der Waals surface area contributed by atoms with E-state index in [-0.39, 0.29) is 16.7 Å². The number of hydrogen-bond acceptors (Lipinski definition) is 5. The smallest absolute Gasteiger partial charge is 0.263 e. The molecule has 0 saturated carbocycles. The van der Waals surface area contributed by atoms with Gasteiger partial charge in [0.15, 0.2) is 0 Å². The SMILES string of the molecule is CC[C@H](C)[C@H](N=C1NS(=O)(=O)c2ccccc21)C(=O)N1CCC(CN2CCCCCC2)CC1. The zero-order valence-corrected chi connectivity index (χ0v) is 20.8. The molecule has 8 heteroatoms. The third kappa shape index (κ3) is 5.60. The fourth-order valence-electron chi connectivity index (χ4n) is 5.22. The Bertz CT molecular complexity index is 962. The highest BCUT2D eigenvalue weighted by molar-refractivity contribution is 7.90. The average molecular weight is 475 g/mol. The van der Waals surface area contributed by atoms with Gasteiger partial charge < -0.3 is 9.80 Å². The summed E-state index contributed by atoms with van der Waals surface area (Å²) in [5.41, 5.74) is 0.551. The first-order valence-corrected chi connectivity index (χ1v) is 14.1. The molecular formula is C25H38N4O3S. The van der Waals surface area contributed by atoms with Crippen LogP contribution in [0.3, 0.4) is 0 Å². The summed E-state index contributed by atoms with van der Waals surface area (Å²) in [7, 11) is -3.62. The van der Waals surface area contributed by atoms with Crippen molar-refractivity contribution in [2.45, 2.75) is 69.7 Å². The summed E-state index contributed by atoms with van der Waals surface area (Å²) in [5.74, 6) is 0.986. The van der Waals surface area contributed by atoms with Crippen molar-refractivity contribution in [1.82, 2.24) is 14.5 Å². The average Bonchev–Trinajstić information content (AvgIpc) is 2.96. The van der Waals surface area contributed by atoms with Gasteiger partial charge >= 0.3 is 0 Å². The minimum absolute atomic E-state index is 0.0219. The summed E-state index contributed by atoms with van der Waals surface area (Å²) < 4.78 is 27.5. The van der Waals surface area contributed by atoms with Crippen LogP contribution in [-0.4, -0.2) is 68.7 Å². The molecule has 1 aromatic carbocycles. The van der Waals surface area contributed by atoms with Gasteiger partial charge in [0.2, 0.25) is 5.91 Å². The van der Waals surface area contributed by atoms with Crippen molar-refractivity contribution in [2.75, 3.05) is 32.7 Å². The van der Waals surface area contributed by atoms with Crippen LogP contribution >= 0.6 is 0 Å². The standard InChI is InChI=1S/C25H38N4O3S/c1-3-19(2)23(26-24-21-10-6-7-11-22(21)33(31,32)27-24)25(30)29-16-12-20(13-17-29)18-28-14-8-4-5-9-15-28/h6-7,10-11,19-20,23H,3-5,8-9,12-18H2,1-2H3,(H,26,27)/t19-,23-/m0/s1. The molecule has 0 aromatic heterocycles. The monoisotopic (exact) mass is 474 g/mol. The lowest BCUT2D eigenvalue weighted by Gasteiger charge is -2.36. The molecule has 1 N–H and O–H groups in total. The van der Waals surface area contributed by atoms with Crippen molar-refractivity contribution in [3.63, 3.8) is 0 Å². The lowest BCUT2D eigenvalue weighted by atomic mass is 9.93. The Morgan fingerprint density at radius 3 is 2.42 bits per heavy atom. The van der Waals surface area contributed by atoms with E-state index in [1.807, 2.05) is 18.7 Å². The summed E-state index contributed by atoms with van der Waals surface area (Å²) >= 11 is 0. The number of benzene rings is 1. The number of likely N-dealkylation sites (tertiary alicyclic amines) is 2. The molecule has 1 aromatic rings. The molecule has 2 saturated heterocycles. The molecule has 0 spiro atoms. The zero-order chi connectivity index (χ0) is 23.4. The van der Waals surface area contributed by atoms with Gasteiger partial charge in [-0.3, -0.25) is 14.5 Å². The van der Waals surface area contributed by atoms with Gasteiger partial charge in [0.1, 0.15) is 11.9 Å². The van der Waals surface area contributed by atoms with E-state index >= 15 is 0 Å². The highest BCUT2D eigenvalue weighted by atomic mass is 32.2. The number of carbonyl (C=O) groups excluding carboxylic acids is 1. The van der Waals surface area contributed by atoms with Crippen LogP contribution in [0.15, 0.2) is 34.2 Å². The Morgan fingerprint density at radius 1 is 1.09 bits per heavy atom. The number of nitrogens with one attached hydrogen (secondary N) is 1. The van der Waals surface area contributed by atoms with Crippen molar-refractivity contribution in [3.05, 3.63) is 29.8 Å². The molecule has 4 rings (SSSR count). The highest BCUT2D eigenvalue weighted by Crippen LogP contribution is 2.26. The molecule has 33 heavy (non-hydrogen) atoms. The van der Waals surface area contributed by atoms with Crippen LogP contribution in [0.5, 0.6) is 0 Å².